The summed E-state index contributed by atoms with van der Waals surface area (Å²) in [6.45, 7) is -0.398. The highest BCUT2D eigenvalue weighted by molar-refractivity contribution is 6.46. The van der Waals surface area contributed by atoms with Gasteiger partial charge in [-0.2, -0.15) is 0 Å². The first-order chi connectivity index (χ1) is 12.4. The van der Waals surface area contributed by atoms with Crippen molar-refractivity contribution in [3.8, 4) is 0 Å². The van der Waals surface area contributed by atoms with Gasteiger partial charge in [0.2, 0.25) is 0 Å². The van der Waals surface area contributed by atoms with Gasteiger partial charge in [0.25, 0.3) is 5.91 Å². The van der Waals surface area contributed by atoms with E-state index in [0.29, 0.717) is 0 Å². The molecule has 1 amide bonds. The van der Waals surface area contributed by atoms with Crippen molar-refractivity contribution in [1.82, 2.24) is 9.88 Å². The monoisotopic (exact) mass is 417 g/mol. The lowest BCUT2D eigenvalue weighted by Gasteiger charge is -2.27. The fourth-order valence-corrected chi connectivity index (χ4v) is 3.49. The standard InChI is InChI=1S/C17H18Cl3N3O3/c18-12-14(21)13(19)16(20)22-15(12)17(25)26-8-11(24)23(10-6-7-10)9-4-2-1-3-5-9/h4,10H,1-3,5-8H2,(H2,21,22). The van der Waals surface area contributed by atoms with Gasteiger partial charge in [-0.05, 0) is 38.5 Å². The van der Waals surface area contributed by atoms with Gasteiger partial charge in [-0.15, -0.1) is 0 Å². The van der Waals surface area contributed by atoms with Gasteiger partial charge in [0.15, 0.2) is 17.5 Å². The first-order valence-corrected chi connectivity index (χ1v) is 9.51. The molecule has 1 heterocycles. The molecule has 0 saturated heterocycles. The Morgan fingerprint density at radius 2 is 1.96 bits per heavy atom. The molecule has 3 rings (SSSR count). The summed E-state index contributed by atoms with van der Waals surface area (Å²) in [4.78, 5) is 30.4. The first-order valence-electron chi connectivity index (χ1n) is 8.38. The third-order valence-electron chi connectivity index (χ3n) is 4.35. The summed E-state index contributed by atoms with van der Waals surface area (Å²) in [7, 11) is 0. The maximum absolute atomic E-state index is 12.6. The number of anilines is 1. The van der Waals surface area contributed by atoms with Crippen molar-refractivity contribution in [2.24, 2.45) is 0 Å². The minimum atomic E-state index is -0.873. The van der Waals surface area contributed by atoms with Crippen LogP contribution in [0.1, 0.15) is 49.0 Å². The van der Waals surface area contributed by atoms with Gasteiger partial charge in [0.1, 0.15) is 5.02 Å². The lowest BCUT2D eigenvalue weighted by molar-refractivity contribution is -0.133. The van der Waals surface area contributed by atoms with Crippen LogP contribution in [0.4, 0.5) is 5.69 Å². The van der Waals surface area contributed by atoms with E-state index in [0.717, 1.165) is 44.2 Å². The Labute approximate surface area is 166 Å². The number of carbonyl (C=O) groups is 2. The largest absolute Gasteiger partial charge is 0.451 e. The second-order valence-electron chi connectivity index (χ2n) is 6.31. The Morgan fingerprint density at radius 3 is 2.58 bits per heavy atom. The molecule has 26 heavy (non-hydrogen) atoms. The number of nitrogen functional groups attached to an aromatic ring is 1. The molecule has 9 heteroatoms. The molecule has 0 radical (unpaired) electrons. The summed E-state index contributed by atoms with van der Waals surface area (Å²) in [5.41, 5.74) is 6.40. The van der Waals surface area contributed by atoms with Gasteiger partial charge >= 0.3 is 5.97 Å². The number of amides is 1. The Kier molecular flexibility index (Phi) is 5.95. The maximum Gasteiger partial charge on any atom is 0.359 e. The fraction of sp³-hybridized carbons (Fsp3) is 0.471. The van der Waals surface area contributed by atoms with Crippen LogP contribution in [0.2, 0.25) is 15.2 Å². The van der Waals surface area contributed by atoms with Crippen LogP contribution < -0.4 is 5.73 Å². The summed E-state index contributed by atoms with van der Waals surface area (Å²) in [5.74, 6) is -1.12. The molecule has 1 fully saturated rings. The van der Waals surface area contributed by atoms with E-state index in [-0.39, 0.29) is 38.5 Å². The Morgan fingerprint density at radius 1 is 1.23 bits per heavy atom. The van der Waals surface area contributed by atoms with E-state index in [2.05, 4.69) is 11.1 Å². The smallest absolute Gasteiger partial charge is 0.359 e. The predicted molar refractivity (Wildman–Crippen MR) is 100 cm³/mol. The van der Waals surface area contributed by atoms with Crippen LogP contribution in [0.25, 0.3) is 0 Å². The summed E-state index contributed by atoms with van der Waals surface area (Å²) in [6.07, 6.45) is 8.06. The van der Waals surface area contributed by atoms with Gasteiger partial charge < -0.3 is 15.4 Å². The van der Waals surface area contributed by atoms with Crippen LogP contribution in [0.5, 0.6) is 0 Å². The molecule has 0 aliphatic heterocycles. The fourth-order valence-electron chi connectivity index (χ4n) is 2.90. The van der Waals surface area contributed by atoms with Crippen molar-refractivity contribution < 1.29 is 14.3 Å². The number of hydrogen-bond acceptors (Lipinski definition) is 5. The highest BCUT2D eigenvalue weighted by Gasteiger charge is 2.35. The molecule has 0 bridgehead atoms. The molecule has 1 saturated carbocycles. The number of nitrogens with two attached hydrogens (primary N) is 1. The predicted octanol–water partition coefficient (Wildman–Crippen LogP) is 4.23. The van der Waals surface area contributed by atoms with Gasteiger partial charge in [-0.1, -0.05) is 40.9 Å². The number of hydrogen-bond donors (Lipinski definition) is 1. The summed E-state index contributed by atoms with van der Waals surface area (Å²) in [6, 6.07) is 0.202. The topological polar surface area (TPSA) is 85.5 Å². The molecular formula is C17H18Cl3N3O3. The summed E-state index contributed by atoms with van der Waals surface area (Å²) in [5, 5.41) is -0.335. The van der Waals surface area contributed by atoms with Gasteiger partial charge in [-0.25, -0.2) is 9.78 Å². The zero-order valence-electron chi connectivity index (χ0n) is 13.9. The van der Waals surface area contributed by atoms with Crippen molar-refractivity contribution in [3.63, 3.8) is 0 Å². The molecule has 2 aliphatic rings. The molecule has 1 aromatic rings. The van der Waals surface area contributed by atoms with E-state index >= 15 is 0 Å². The third-order valence-corrected chi connectivity index (χ3v) is 5.48. The minimum Gasteiger partial charge on any atom is -0.451 e. The van der Waals surface area contributed by atoms with E-state index in [1.807, 2.05) is 0 Å². The molecule has 0 spiro atoms. The minimum absolute atomic E-state index is 0.0339. The second kappa shape index (κ2) is 8.03. The number of allylic oxidation sites excluding steroid dienone is 2. The van der Waals surface area contributed by atoms with Crippen molar-refractivity contribution in [1.29, 1.82) is 0 Å². The summed E-state index contributed by atoms with van der Waals surface area (Å²) < 4.78 is 5.11. The molecular weight excluding hydrogens is 401 g/mol. The highest BCUT2D eigenvalue weighted by atomic mass is 35.5. The van der Waals surface area contributed by atoms with Crippen LogP contribution in [-0.2, 0) is 9.53 Å². The van der Waals surface area contributed by atoms with Crippen molar-refractivity contribution in [3.05, 3.63) is 32.7 Å². The number of pyridine rings is 1. The molecule has 140 valence electrons. The Balaban J connectivity index is 1.69. The highest BCUT2D eigenvalue weighted by Crippen LogP contribution is 2.35. The average molecular weight is 419 g/mol. The van der Waals surface area contributed by atoms with E-state index < -0.39 is 12.6 Å². The average Bonchev–Trinajstić information content (AvgIpc) is 3.47. The van der Waals surface area contributed by atoms with Crippen LogP contribution in [0.15, 0.2) is 11.8 Å². The van der Waals surface area contributed by atoms with Crippen molar-refractivity contribution in [2.45, 2.75) is 44.6 Å². The number of halogens is 3. The molecule has 0 aromatic carbocycles. The van der Waals surface area contributed by atoms with Crippen LogP contribution in [0.3, 0.4) is 0 Å². The SMILES string of the molecule is Nc1c(Cl)c(Cl)nc(C(=O)OCC(=O)N(C2=CCCCC2)C2CC2)c1Cl. The van der Waals surface area contributed by atoms with Crippen molar-refractivity contribution >= 4 is 52.4 Å². The van der Waals surface area contributed by atoms with Crippen molar-refractivity contribution in [2.75, 3.05) is 12.3 Å². The Hall–Kier alpha value is -1.50. The lowest BCUT2D eigenvalue weighted by Crippen LogP contribution is -2.36. The van der Waals surface area contributed by atoms with Gasteiger partial charge in [0, 0.05) is 11.7 Å². The van der Waals surface area contributed by atoms with Gasteiger partial charge in [0.05, 0.1) is 10.7 Å². The number of nitrogens with zero attached hydrogens (tertiary/aromatic N) is 2. The van der Waals surface area contributed by atoms with E-state index in [9.17, 15) is 9.59 Å². The maximum atomic E-state index is 12.6. The molecule has 0 atom stereocenters. The van der Waals surface area contributed by atoms with Gasteiger partial charge in [-0.3, -0.25) is 4.79 Å². The van der Waals surface area contributed by atoms with E-state index in [1.54, 1.807) is 4.90 Å². The zero-order chi connectivity index (χ0) is 18.8. The number of esters is 1. The molecule has 6 nitrogen and oxygen atoms in total. The number of ether oxygens (including phenoxy) is 1. The quantitative estimate of drug-likeness (QED) is 0.571. The lowest BCUT2D eigenvalue weighted by atomic mass is 10.0. The normalized spacial score (nSPS) is 16.8. The number of rotatable bonds is 5. The molecule has 1 aromatic heterocycles. The Bertz CT molecular complexity index is 778. The van der Waals surface area contributed by atoms with Crippen LogP contribution in [-0.4, -0.2) is 34.4 Å². The van der Waals surface area contributed by atoms with E-state index in [1.165, 1.54) is 0 Å². The second-order valence-corrected chi connectivity index (χ2v) is 7.42. The molecule has 0 unspecified atom stereocenters. The molecule has 2 N–H and O–H groups in total. The first kappa shape index (κ1) is 19.3. The van der Waals surface area contributed by atoms with Crippen LogP contribution >= 0.6 is 34.8 Å². The third kappa shape index (κ3) is 4.08. The number of carbonyl (C=O) groups excluding carboxylic acids is 2. The molecule has 2 aliphatic carbocycles. The van der Waals surface area contributed by atoms with Crippen LogP contribution in [0, 0.1) is 0 Å². The van der Waals surface area contributed by atoms with E-state index in [4.69, 9.17) is 45.3 Å². The zero-order valence-corrected chi connectivity index (χ0v) is 16.2. The summed E-state index contributed by atoms with van der Waals surface area (Å²) >= 11 is 17.7. The number of aromatic nitrogens is 1.